The monoisotopic (exact) mass is 275 g/mol. The molecule has 0 radical (unpaired) electrons. The van der Waals surface area contributed by atoms with Crippen LogP contribution in [-0.4, -0.2) is 72.8 Å². The summed E-state index contributed by atoms with van der Waals surface area (Å²) in [4.78, 5) is 0. The van der Waals surface area contributed by atoms with Crippen LogP contribution in [0, 0.1) is 0 Å². The zero-order valence-corrected chi connectivity index (χ0v) is 9.76. The number of hydrogen-bond donors (Lipinski definition) is 0. The van der Waals surface area contributed by atoms with E-state index >= 15 is 0 Å². The molecule has 0 unspecified atom stereocenters. The molecule has 0 aliphatic carbocycles. The summed E-state index contributed by atoms with van der Waals surface area (Å²) in [6, 6.07) is 0. The van der Waals surface area contributed by atoms with Crippen LogP contribution < -0.4 is 0 Å². The van der Waals surface area contributed by atoms with Gasteiger partial charge in [0.25, 0.3) is 0 Å². The van der Waals surface area contributed by atoms with Gasteiger partial charge in [-0.2, -0.15) is 0 Å². The van der Waals surface area contributed by atoms with E-state index in [0.29, 0.717) is 0 Å². The Morgan fingerprint density at radius 2 is 1.00 bits per heavy atom. The Balaban J connectivity index is 0. The Bertz CT molecular complexity index is 8.00. The van der Waals surface area contributed by atoms with Crippen molar-refractivity contribution in [1.82, 2.24) is 0 Å². The van der Waals surface area contributed by atoms with E-state index in [2.05, 4.69) is 0 Å². The zero-order chi connectivity index (χ0) is 0. The van der Waals surface area contributed by atoms with Crippen molar-refractivity contribution in [2.75, 3.05) is 0 Å². The van der Waals surface area contributed by atoms with Gasteiger partial charge in [0.15, 0.2) is 0 Å². The minimum Gasteiger partial charge on any atom is -2.00 e. The van der Waals surface area contributed by atoms with Gasteiger partial charge in [-0.05, 0) is 0 Å². The van der Waals surface area contributed by atoms with Crippen LogP contribution in [0.2, 0.25) is 0 Å². The predicted molar refractivity (Wildman–Crippen MR) is 17.9 cm³/mol. The Labute approximate surface area is 77.1 Å². The maximum Gasteiger partial charge on any atom is 4.00 e. The molecule has 0 atom stereocenters. The van der Waals surface area contributed by atoms with Crippen LogP contribution in [-0.2, 0) is 5.48 Å². The van der Waals surface area contributed by atoms with Crippen LogP contribution in [0.25, 0.3) is 0 Å². The SMILES string of the molecule is [In+3].[Mg+2].[O-2].[Sn+4]. The molecule has 8 valence electrons. The predicted octanol–water partition coefficient (Wildman–Crippen LogP) is -1.26. The van der Waals surface area contributed by atoms with Gasteiger partial charge >= 0.3 is 72.8 Å². The normalized spacial score (nSPS) is 0. The molecule has 0 aromatic rings. The third-order valence-corrected chi connectivity index (χ3v) is 0. The van der Waals surface area contributed by atoms with E-state index in [9.17, 15) is 0 Å². The van der Waals surface area contributed by atoms with Crippen LogP contribution in [0.4, 0.5) is 0 Å². The average Bonchev–Trinajstić information content (AvgIpc) is 0. The standard InChI is InChI=1S/In.Mg.O.Sn/q+3;+2;-2;+4. The van der Waals surface area contributed by atoms with E-state index in [-0.39, 0.29) is 78.3 Å². The minimum atomic E-state index is 0. The van der Waals surface area contributed by atoms with Crippen molar-refractivity contribution in [1.29, 1.82) is 0 Å². The molecule has 0 heterocycles. The van der Waals surface area contributed by atoms with E-state index in [4.69, 9.17) is 0 Å². The van der Waals surface area contributed by atoms with Crippen molar-refractivity contribution in [3.05, 3.63) is 0 Å². The van der Waals surface area contributed by atoms with Crippen molar-refractivity contribution in [2.45, 2.75) is 0 Å². The fraction of sp³-hybridized carbons (Fsp3) is 0. The van der Waals surface area contributed by atoms with E-state index in [1.165, 1.54) is 0 Å². The molecule has 0 amide bonds. The second-order valence-electron chi connectivity index (χ2n) is 0. The van der Waals surface area contributed by atoms with Gasteiger partial charge in [0.05, 0.1) is 0 Å². The molecule has 0 bridgehead atoms. The minimum absolute atomic E-state index is 0. The molecule has 0 fully saturated rings. The van der Waals surface area contributed by atoms with Gasteiger partial charge in [0.2, 0.25) is 0 Å². The van der Waals surface area contributed by atoms with Crippen LogP contribution in [0.3, 0.4) is 0 Å². The summed E-state index contributed by atoms with van der Waals surface area (Å²) in [6.07, 6.45) is 0. The zero-order valence-electron chi connectivity index (χ0n) is 2.19. The summed E-state index contributed by atoms with van der Waals surface area (Å²) < 4.78 is 0. The maximum absolute atomic E-state index is 0. The van der Waals surface area contributed by atoms with E-state index < -0.39 is 0 Å². The molecule has 0 saturated carbocycles. The van der Waals surface area contributed by atoms with Gasteiger partial charge in [-0.1, -0.05) is 0 Å². The Hall–Kier alpha value is 2.40. The smallest absolute Gasteiger partial charge is 2.00 e. The molecule has 1 nitrogen and oxygen atoms in total. The number of hydrogen-bond acceptors (Lipinski definition) is 0. The largest absolute Gasteiger partial charge is 4.00 e. The second-order valence-corrected chi connectivity index (χ2v) is 0. The molecule has 0 rings (SSSR count). The molecule has 4 heteroatoms. The average molecular weight is 274 g/mol. The molecular weight excluding hydrogens is 274 g/mol. The second kappa shape index (κ2) is 18.2. The van der Waals surface area contributed by atoms with Crippen LogP contribution in [0.1, 0.15) is 0 Å². The Kier molecular flexibility index (Phi) is 147. The summed E-state index contributed by atoms with van der Waals surface area (Å²) in [5, 5.41) is 0. The molecule has 0 spiro atoms. The van der Waals surface area contributed by atoms with Crippen molar-refractivity contribution >= 4 is 72.8 Å². The molecule has 0 aliphatic heterocycles. The molecule has 0 aromatic heterocycles. The maximum atomic E-state index is 0. The molecule has 0 aromatic carbocycles. The first-order valence-corrected chi connectivity index (χ1v) is 0. The Morgan fingerprint density at radius 1 is 1.00 bits per heavy atom. The van der Waals surface area contributed by atoms with Gasteiger partial charge in [0.1, 0.15) is 0 Å². The van der Waals surface area contributed by atoms with Gasteiger partial charge in [0, 0.05) is 0 Å². The molecule has 0 saturated heterocycles. The van der Waals surface area contributed by atoms with E-state index in [1.807, 2.05) is 0 Å². The van der Waals surface area contributed by atoms with Gasteiger partial charge in [-0.15, -0.1) is 0 Å². The van der Waals surface area contributed by atoms with Gasteiger partial charge < -0.3 is 5.48 Å². The Morgan fingerprint density at radius 3 is 1.00 bits per heavy atom. The van der Waals surface area contributed by atoms with Crippen LogP contribution in [0.15, 0.2) is 0 Å². The van der Waals surface area contributed by atoms with Gasteiger partial charge in [-0.3, -0.25) is 0 Å². The summed E-state index contributed by atoms with van der Waals surface area (Å²) >= 11 is 0. The summed E-state index contributed by atoms with van der Waals surface area (Å²) in [7, 11) is 0. The third kappa shape index (κ3) is 8.83. The first-order valence-electron chi connectivity index (χ1n) is 0. The van der Waals surface area contributed by atoms with Crippen molar-refractivity contribution < 1.29 is 5.48 Å². The van der Waals surface area contributed by atoms with Crippen LogP contribution >= 0.6 is 0 Å². The summed E-state index contributed by atoms with van der Waals surface area (Å²) in [6.45, 7) is 0. The molecule has 4 heavy (non-hydrogen) atoms. The first kappa shape index (κ1) is 32.4. The van der Waals surface area contributed by atoms with Crippen LogP contribution in [0.5, 0.6) is 0 Å². The fourth-order valence-corrected chi connectivity index (χ4v) is 0. The van der Waals surface area contributed by atoms with Crippen molar-refractivity contribution in [3.8, 4) is 0 Å². The summed E-state index contributed by atoms with van der Waals surface area (Å²) in [5.74, 6) is 0. The quantitative estimate of drug-likeness (QED) is 0.493. The van der Waals surface area contributed by atoms with Crippen molar-refractivity contribution in [2.24, 2.45) is 0 Å². The van der Waals surface area contributed by atoms with Gasteiger partial charge in [-0.25, -0.2) is 0 Å². The first-order chi connectivity index (χ1) is 0. The number of rotatable bonds is 0. The topological polar surface area (TPSA) is 28.5 Å². The van der Waals surface area contributed by atoms with E-state index in [0.717, 1.165) is 0 Å². The fourth-order valence-electron chi connectivity index (χ4n) is 0. The molecule has 0 N–H and O–H groups in total. The third-order valence-electron chi connectivity index (χ3n) is 0. The molecule has 0 aliphatic rings. The molecular formula is InMgOSn+7. The summed E-state index contributed by atoms with van der Waals surface area (Å²) in [5.41, 5.74) is 0. The van der Waals surface area contributed by atoms with E-state index in [1.54, 1.807) is 0 Å². The van der Waals surface area contributed by atoms with Crippen molar-refractivity contribution in [3.63, 3.8) is 0 Å².